The first-order chi connectivity index (χ1) is 15.3. The third-order valence-electron chi connectivity index (χ3n) is 5.05. The Morgan fingerprint density at radius 3 is 2.41 bits per heavy atom. The normalized spacial score (nSPS) is 12.8. The average molecular weight is 505 g/mol. The molecule has 10 heteroatoms. The molecule has 0 saturated heterocycles. The maximum atomic E-state index is 12.7. The molecule has 0 radical (unpaired) electrons. The summed E-state index contributed by atoms with van der Waals surface area (Å²) in [6, 6.07) is 14.1. The van der Waals surface area contributed by atoms with Crippen LogP contribution in [0.15, 0.2) is 48.5 Å². The van der Waals surface area contributed by atoms with Crippen LogP contribution in [0.2, 0.25) is 10.0 Å². The summed E-state index contributed by atoms with van der Waals surface area (Å²) in [4.78, 5) is 27.9. The zero-order chi connectivity index (χ0) is 22.8. The van der Waals surface area contributed by atoms with Crippen LogP contribution in [0.5, 0.6) is 0 Å². The maximum Gasteiger partial charge on any atom is 0.257 e. The average Bonchev–Trinajstić information content (AvgIpc) is 3.12. The summed E-state index contributed by atoms with van der Waals surface area (Å²) >= 11 is 19.2. The summed E-state index contributed by atoms with van der Waals surface area (Å²) < 4.78 is 0. The fourth-order valence-electron chi connectivity index (χ4n) is 3.50. The molecule has 164 valence electrons. The van der Waals surface area contributed by atoms with Gasteiger partial charge in [-0.3, -0.25) is 9.59 Å². The Balaban J connectivity index is 1.56. The van der Waals surface area contributed by atoms with Gasteiger partial charge >= 0.3 is 0 Å². The highest BCUT2D eigenvalue weighted by Crippen LogP contribution is 2.37. The molecule has 3 aromatic rings. The van der Waals surface area contributed by atoms with E-state index in [1.54, 1.807) is 30.3 Å². The molecule has 1 aliphatic rings. The first kappa shape index (κ1) is 22.5. The van der Waals surface area contributed by atoms with Gasteiger partial charge in [0.1, 0.15) is 5.00 Å². The molecule has 0 spiro atoms. The second-order valence-corrected chi connectivity index (χ2v) is 9.39. The number of rotatable bonds is 4. The zero-order valence-electron chi connectivity index (χ0n) is 16.7. The van der Waals surface area contributed by atoms with E-state index in [0.717, 1.165) is 16.1 Å². The van der Waals surface area contributed by atoms with Crippen molar-refractivity contribution >= 4 is 74.4 Å². The summed E-state index contributed by atoms with van der Waals surface area (Å²) in [6.07, 6.45) is 0.566. The van der Waals surface area contributed by atoms with Crippen molar-refractivity contribution in [2.45, 2.75) is 13.0 Å². The number of hydrogen-bond donors (Lipinski definition) is 3. The second kappa shape index (κ2) is 9.46. The molecule has 0 atom stereocenters. The molecule has 0 unspecified atom stereocenters. The number of thiocarbonyl (C=S) groups is 1. The molecule has 32 heavy (non-hydrogen) atoms. The lowest BCUT2D eigenvalue weighted by Gasteiger charge is -2.29. The van der Waals surface area contributed by atoms with Crippen molar-refractivity contribution in [3.05, 3.63) is 80.1 Å². The fourth-order valence-corrected chi connectivity index (χ4v) is 5.43. The highest BCUT2D eigenvalue weighted by molar-refractivity contribution is 7.80. The molecule has 1 aromatic heterocycles. The first-order valence-corrected chi connectivity index (χ1v) is 11.6. The van der Waals surface area contributed by atoms with Gasteiger partial charge in [0.25, 0.3) is 11.8 Å². The number of fused-ring (bicyclic) bond motifs is 1. The number of carbonyl (C=O) groups is 2. The van der Waals surface area contributed by atoms with E-state index in [0.29, 0.717) is 50.8 Å². The van der Waals surface area contributed by atoms with Gasteiger partial charge in [0.15, 0.2) is 5.11 Å². The lowest BCUT2D eigenvalue weighted by Crippen LogP contribution is -2.38. The standard InChI is InChI=1S/C22H18Cl2N4O2S2/c23-14-6-2-1-5-12(14)20(30)27-21-18(19(25)29)13-9-10-28(11-17(13)32-21)22(31)26-16-8-4-3-7-15(16)24/h1-8H,9-11H2,(H2,25,29)(H,26,31)(H,27,30). The van der Waals surface area contributed by atoms with E-state index in [2.05, 4.69) is 10.6 Å². The molecule has 2 aromatic carbocycles. The summed E-state index contributed by atoms with van der Waals surface area (Å²) in [5, 5.41) is 7.82. The lowest BCUT2D eigenvalue weighted by atomic mass is 10.0. The van der Waals surface area contributed by atoms with Crippen LogP contribution in [0.3, 0.4) is 0 Å². The first-order valence-electron chi connectivity index (χ1n) is 9.66. The van der Waals surface area contributed by atoms with Gasteiger partial charge in [-0.15, -0.1) is 11.3 Å². The minimum atomic E-state index is -0.581. The van der Waals surface area contributed by atoms with Gasteiger partial charge < -0.3 is 21.3 Å². The van der Waals surface area contributed by atoms with E-state index < -0.39 is 11.8 Å². The Morgan fingerprint density at radius 2 is 1.72 bits per heavy atom. The molecule has 4 rings (SSSR count). The van der Waals surface area contributed by atoms with Crippen molar-refractivity contribution in [1.82, 2.24) is 4.90 Å². The maximum absolute atomic E-state index is 12.7. The number of para-hydroxylation sites is 1. The monoisotopic (exact) mass is 504 g/mol. The van der Waals surface area contributed by atoms with Crippen LogP contribution in [-0.4, -0.2) is 28.4 Å². The molecule has 0 saturated carbocycles. The number of amides is 2. The number of nitrogens with one attached hydrogen (secondary N) is 2. The highest BCUT2D eigenvalue weighted by Gasteiger charge is 2.29. The topological polar surface area (TPSA) is 87.5 Å². The number of carbonyl (C=O) groups excluding carboxylic acids is 2. The van der Waals surface area contributed by atoms with Crippen molar-refractivity contribution < 1.29 is 9.59 Å². The molecule has 0 aliphatic carbocycles. The van der Waals surface area contributed by atoms with Crippen molar-refractivity contribution in [2.75, 3.05) is 17.2 Å². The van der Waals surface area contributed by atoms with Gasteiger partial charge in [-0.1, -0.05) is 47.5 Å². The number of thiophene rings is 1. The minimum Gasteiger partial charge on any atom is -0.365 e. The van der Waals surface area contributed by atoms with E-state index in [1.807, 2.05) is 23.1 Å². The van der Waals surface area contributed by atoms with Crippen LogP contribution >= 0.6 is 46.8 Å². The van der Waals surface area contributed by atoms with Crippen molar-refractivity contribution in [2.24, 2.45) is 5.73 Å². The SMILES string of the molecule is NC(=O)c1c(NC(=O)c2ccccc2Cl)sc2c1CCN(C(=S)Nc1ccccc1Cl)C2. The van der Waals surface area contributed by atoms with Gasteiger partial charge in [-0.25, -0.2) is 0 Å². The molecule has 1 aliphatic heterocycles. The molecule has 2 heterocycles. The van der Waals surface area contributed by atoms with Gasteiger partial charge in [0.2, 0.25) is 0 Å². The zero-order valence-corrected chi connectivity index (χ0v) is 19.8. The Hall–Kier alpha value is -2.65. The predicted molar refractivity (Wildman–Crippen MR) is 134 cm³/mol. The number of hydrogen-bond acceptors (Lipinski definition) is 4. The molecule has 0 fully saturated rings. The lowest BCUT2D eigenvalue weighted by molar-refractivity contribution is 0.1000. The quantitative estimate of drug-likeness (QED) is 0.427. The molecule has 0 bridgehead atoms. The van der Waals surface area contributed by atoms with Crippen LogP contribution < -0.4 is 16.4 Å². The van der Waals surface area contributed by atoms with Gasteiger partial charge in [0.05, 0.1) is 33.4 Å². The number of nitrogens with zero attached hydrogens (tertiary/aromatic N) is 1. The summed E-state index contributed by atoms with van der Waals surface area (Å²) in [5.74, 6) is -0.980. The largest absolute Gasteiger partial charge is 0.365 e. The van der Waals surface area contributed by atoms with Crippen LogP contribution in [0.1, 0.15) is 31.2 Å². The Morgan fingerprint density at radius 1 is 1.03 bits per heavy atom. The Labute approximate surface area is 204 Å². The molecular weight excluding hydrogens is 487 g/mol. The third-order valence-corrected chi connectivity index (χ3v) is 7.20. The van der Waals surface area contributed by atoms with Crippen LogP contribution in [0.4, 0.5) is 10.7 Å². The molecule has 4 N–H and O–H groups in total. The fraction of sp³-hybridized carbons (Fsp3) is 0.136. The third kappa shape index (κ3) is 4.59. The van der Waals surface area contributed by atoms with Gasteiger partial charge in [-0.2, -0.15) is 0 Å². The van der Waals surface area contributed by atoms with E-state index in [4.69, 9.17) is 41.2 Å². The Bertz CT molecular complexity index is 1230. The number of primary amides is 1. The van der Waals surface area contributed by atoms with Crippen LogP contribution in [-0.2, 0) is 13.0 Å². The second-order valence-electron chi connectivity index (χ2n) is 7.09. The van der Waals surface area contributed by atoms with E-state index in [9.17, 15) is 9.59 Å². The van der Waals surface area contributed by atoms with Crippen molar-refractivity contribution in [3.8, 4) is 0 Å². The number of halogens is 2. The summed E-state index contributed by atoms with van der Waals surface area (Å²) in [6.45, 7) is 1.08. The highest BCUT2D eigenvalue weighted by atomic mass is 35.5. The van der Waals surface area contributed by atoms with Crippen molar-refractivity contribution in [1.29, 1.82) is 0 Å². The van der Waals surface area contributed by atoms with Gasteiger partial charge in [-0.05, 0) is 48.5 Å². The van der Waals surface area contributed by atoms with Crippen LogP contribution in [0, 0.1) is 0 Å². The minimum absolute atomic E-state index is 0.322. The number of nitrogens with two attached hydrogens (primary N) is 1. The summed E-state index contributed by atoms with van der Waals surface area (Å²) in [7, 11) is 0. The molecular formula is C22H18Cl2N4O2S2. The number of anilines is 2. The Kier molecular flexibility index (Phi) is 6.66. The van der Waals surface area contributed by atoms with Crippen LogP contribution in [0.25, 0.3) is 0 Å². The van der Waals surface area contributed by atoms with Crippen molar-refractivity contribution in [3.63, 3.8) is 0 Å². The van der Waals surface area contributed by atoms with E-state index >= 15 is 0 Å². The summed E-state index contributed by atoms with van der Waals surface area (Å²) in [5.41, 5.74) is 7.89. The van der Waals surface area contributed by atoms with E-state index in [1.165, 1.54) is 11.3 Å². The van der Waals surface area contributed by atoms with Gasteiger partial charge in [0, 0.05) is 11.4 Å². The molecule has 6 nitrogen and oxygen atoms in total. The smallest absolute Gasteiger partial charge is 0.257 e. The number of benzene rings is 2. The molecule has 2 amide bonds. The predicted octanol–water partition coefficient (Wildman–Crippen LogP) is 5.16. The van der Waals surface area contributed by atoms with E-state index in [-0.39, 0.29) is 0 Å².